The Morgan fingerprint density at radius 2 is 1.93 bits per heavy atom. The van der Waals surface area contributed by atoms with E-state index in [2.05, 4.69) is 20.6 Å². The van der Waals surface area contributed by atoms with E-state index in [4.69, 9.17) is 0 Å². The fraction of sp³-hybridized carbons (Fsp3) is 0.238. The molecular weight excluding hydrogens is 384 g/mol. The third-order valence-corrected chi connectivity index (χ3v) is 5.39. The number of hydrogen-bond acceptors (Lipinski definition) is 5. The van der Waals surface area contributed by atoms with Crippen LogP contribution >= 0.6 is 11.8 Å². The largest absolute Gasteiger partial charge is 0.341 e. The van der Waals surface area contributed by atoms with Crippen LogP contribution in [0, 0.1) is 0 Å². The lowest BCUT2D eigenvalue weighted by molar-refractivity contribution is 0.0924. The maximum Gasteiger partial charge on any atom is 0.270 e. The molecule has 0 bridgehead atoms. The Morgan fingerprint density at radius 1 is 1.14 bits per heavy atom. The lowest BCUT2D eigenvalue weighted by Crippen LogP contribution is -2.31. The van der Waals surface area contributed by atoms with Gasteiger partial charge in [-0.15, -0.1) is 10.2 Å². The first kappa shape index (κ1) is 19.2. The second-order valence-electron chi connectivity index (χ2n) is 6.70. The molecule has 0 aliphatic carbocycles. The summed E-state index contributed by atoms with van der Waals surface area (Å²) in [7, 11) is 1.78. The first-order valence-electron chi connectivity index (χ1n) is 9.36. The predicted molar refractivity (Wildman–Crippen MR) is 115 cm³/mol. The van der Waals surface area contributed by atoms with Crippen LogP contribution in [0.2, 0.25) is 0 Å². The highest BCUT2D eigenvalue weighted by Gasteiger charge is 2.23. The summed E-state index contributed by atoms with van der Waals surface area (Å²) >= 11 is 1.73. The van der Waals surface area contributed by atoms with Crippen molar-refractivity contribution in [2.45, 2.75) is 12.5 Å². The van der Waals surface area contributed by atoms with Crippen LogP contribution in [-0.2, 0) is 7.05 Å². The van der Waals surface area contributed by atoms with E-state index in [1.165, 1.54) is 0 Å². The van der Waals surface area contributed by atoms with Crippen LogP contribution < -0.4 is 5.32 Å². The minimum Gasteiger partial charge on any atom is -0.341 e. The van der Waals surface area contributed by atoms with Crippen molar-refractivity contribution in [3.63, 3.8) is 0 Å². The molecule has 7 nitrogen and oxygen atoms in total. The van der Waals surface area contributed by atoms with Gasteiger partial charge in [-0.05, 0) is 36.6 Å². The molecule has 4 rings (SSSR count). The van der Waals surface area contributed by atoms with Crippen molar-refractivity contribution in [2.24, 2.45) is 7.05 Å². The van der Waals surface area contributed by atoms with Gasteiger partial charge in [0.25, 0.3) is 5.91 Å². The van der Waals surface area contributed by atoms with Crippen LogP contribution in [0.25, 0.3) is 16.9 Å². The fourth-order valence-corrected chi connectivity index (χ4v) is 3.73. The van der Waals surface area contributed by atoms with Gasteiger partial charge in [0.2, 0.25) is 0 Å². The Kier molecular flexibility index (Phi) is 5.62. The molecule has 1 aromatic carbocycles. The van der Waals surface area contributed by atoms with Crippen molar-refractivity contribution in [1.82, 2.24) is 29.7 Å². The average molecular weight is 407 g/mol. The monoisotopic (exact) mass is 406 g/mol. The number of aryl methyl sites for hydroxylation is 1. The molecule has 0 unspecified atom stereocenters. The highest BCUT2D eigenvalue weighted by Crippen LogP contribution is 2.21. The number of pyridine rings is 1. The van der Waals surface area contributed by atoms with Gasteiger partial charge in [0.05, 0.1) is 11.7 Å². The van der Waals surface area contributed by atoms with Gasteiger partial charge in [-0.1, -0.05) is 36.4 Å². The van der Waals surface area contributed by atoms with Gasteiger partial charge < -0.3 is 5.32 Å². The molecule has 0 spiro atoms. The van der Waals surface area contributed by atoms with E-state index >= 15 is 0 Å². The number of fused-ring (bicyclic) bond motifs is 1. The van der Waals surface area contributed by atoms with Gasteiger partial charge in [0.1, 0.15) is 5.69 Å². The number of hydrogen-bond donors (Lipinski definition) is 1. The quantitative estimate of drug-likeness (QED) is 0.509. The number of carbonyl (C=O) groups is 1. The van der Waals surface area contributed by atoms with Crippen LogP contribution in [0.4, 0.5) is 0 Å². The molecule has 4 aromatic rings. The summed E-state index contributed by atoms with van der Waals surface area (Å²) in [5.74, 6) is 1.45. The van der Waals surface area contributed by atoms with Crippen molar-refractivity contribution >= 4 is 23.3 Å². The molecule has 148 valence electrons. The van der Waals surface area contributed by atoms with Crippen molar-refractivity contribution in [3.05, 3.63) is 72.3 Å². The number of benzene rings is 1. The smallest absolute Gasteiger partial charge is 0.270 e. The summed E-state index contributed by atoms with van der Waals surface area (Å²) in [6, 6.07) is 17.2. The number of carbonyl (C=O) groups excluding carboxylic acids is 1. The summed E-state index contributed by atoms with van der Waals surface area (Å²) in [5.41, 5.74) is 3.01. The number of nitrogens with one attached hydrogen (secondary N) is 1. The third-order valence-electron chi connectivity index (χ3n) is 4.75. The molecule has 1 amide bonds. The Morgan fingerprint density at radius 3 is 2.72 bits per heavy atom. The molecule has 1 atom stereocenters. The number of aromatic nitrogens is 5. The minimum atomic E-state index is -0.248. The summed E-state index contributed by atoms with van der Waals surface area (Å²) < 4.78 is 3.54. The average Bonchev–Trinajstić information content (AvgIpc) is 3.35. The molecule has 3 aromatic heterocycles. The minimum absolute atomic E-state index is 0.180. The van der Waals surface area contributed by atoms with Crippen LogP contribution in [0.1, 0.15) is 28.8 Å². The van der Waals surface area contributed by atoms with E-state index in [-0.39, 0.29) is 11.9 Å². The lowest BCUT2D eigenvalue weighted by Gasteiger charge is -2.17. The predicted octanol–water partition coefficient (Wildman–Crippen LogP) is 3.35. The normalized spacial score (nSPS) is 12.2. The zero-order chi connectivity index (χ0) is 20.2. The molecule has 0 radical (unpaired) electrons. The van der Waals surface area contributed by atoms with E-state index < -0.39 is 0 Å². The summed E-state index contributed by atoms with van der Waals surface area (Å²) in [6.45, 7) is 0. The van der Waals surface area contributed by atoms with Crippen molar-refractivity contribution in [1.29, 1.82) is 0 Å². The molecule has 0 aliphatic rings. The number of amides is 1. The molecule has 0 fully saturated rings. The molecule has 1 N–H and O–H groups in total. The van der Waals surface area contributed by atoms with Gasteiger partial charge >= 0.3 is 0 Å². The second-order valence-corrected chi connectivity index (χ2v) is 7.68. The summed E-state index contributed by atoms with van der Waals surface area (Å²) in [6.07, 6.45) is 4.72. The molecule has 0 aliphatic heterocycles. The maximum atomic E-state index is 13.1. The third kappa shape index (κ3) is 4.02. The first-order chi connectivity index (χ1) is 14.2. The van der Waals surface area contributed by atoms with E-state index in [1.807, 2.05) is 71.5 Å². The fourth-order valence-electron chi connectivity index (χ4n) is 3.26. The van der Waals surface area contributed by atoms with Crippen LogP contribution in [0.3, 0.4) is 0 Å². The Balaban J connectivity index is 1.61. The summed E-state index contributed by atoms with van der Waals surface area (Å²) in [4.78, 5) is 13.1. The number of nitrogens with zero attached hydrogens (tertiary/aromatic N) is 5. The standard InChI is InChI=1S/C21H22N6OS/c1-26-18(14-17(25-26)15-8-4-3-5-9-15)21(28)22-16(11-13-29-2)20-24-23-19-10-6-7-12-27(19)20/h3-10,12,14,16H,11,13H2,1-2H3,(H,22,28)/t16-/m1/s1. The van der Waals surface area contributed by atoms with Crippen molar-refractivity contribution < 1.29 is 4.79 Å². The maximum absolute atomic E-state index is 13.1. The van der Waals surface area contributed by atoms with Crippen LogP contribution in [0.15, 0.2) is 60.8 Å². The Labute approximate surface area is 173 Å². The van der Waals surface area contributed by atoms with E-state index in [0.29, 0.717) is 5.69 Å². The van der Waals surface area contributed by atoms with E-state index in [9.17, 15) is 4.79 Å². The Bertz CT molecular complexity index is 1120. The van der Waals surface area contributed by atoms with Crippen LogP contribution in [-0.4, -0.2) is 42.3 Å². The van der Waals surface area contributed by atoms with Crippen LogP contribution in [0.5, 0.6) is 0 Å². The highest BCUT2D eigenvalue weighted by atomic mass is 32.2. The molecule has 8 heteroatoms. The zero-order valence-corrected chi connectivity index (χ0v) is 17.1. The number of rotatable bonds is 7. The zero-order valence-electron chi connectivity index (χ0n) is 16.3. The SMILES string of the molecule is CSCC[C@@H](NC(=O)c1cc(-c2ccccc2)nn1C)c1nnc2ccccn12. The van der Waals surface area contributed by atoms with Gasteiger partial charge in [-0.3, -0.25) is 13.9 Å². The van der Waals surface area contributed by atoms with Crippen molar-refractivity contribution in [3.8, 4) is 11.3 Å². The molecule has 3 heterocycles. The van der Waals surface area contributed by atoms with Gasteiger partial charge in [-0.2, -0.15) is 16.9 Å². The number of thioether (sulfide) groups is 1. The van der Waals surface area contributed by atoms with Gasteiger partial charge in [-0.25, -0.2) is 0 Å². The lowest BCUT2D eigenvalue weighted by atomic mass is 10.1. The topological polar surface area (TPSA) is 77.1 Å². The van der Waals surface area contributed by atoms with E-state index in [0.717, 1.165) is 34.9 Å². The first-order valence-corrected chi connectivity index (χ1v) is 10.8. The highest BCUT2D eigenvalue weighted by molar-refractivity contribution is 7.98. The Hall–Kier alpha value is -3.13. The second kappa shape index (κ2) is 8.48. The van der Waals surface area contributed by atoms with E-state index in [1.54, 1.807) is 23.5 Å². The molecule has 29 heavy (non-hydrogen) atoms. The molecule has 0 saturated carbocycles. The molecular formula is C21H22N6OS. The van der Waals surface area contributed by atoms with Gasteiger partial charge in [0, 0.05) is 18.8 Å². The molecule has 0 saturated heterocycles. The van der Waals surface area contributed by atoms with Crippen molar-refractivity contribution in [2.75, 3.05) is 12.0 Å². The summed E-state index contributed by atoms with van der Waals surface area (Å²) in [5, 5.41) is 16.2. The van der Waals surface area contributed by atoms with Gasteiger partial charge in [0.15, 0.2) is 11.5 Å².